The average Bonchev–Trinajstić information content (AvgIpc) is 2.60. The van der Waals surface area contributed by atoms with Gasteiger partial charge in [-0.2, -0.15) is 0 Å². The van der Waals surface area contributed by atoms with Crippen LogP contribution in [0, 0.1) is 0 Å². The van der Waals surface area contributed by atoms with E-state index in [0.717, 1.165) is 5.69 Å². The normalized spacial score (nSPS) is 11.4. The van der Waals surface area contributed by atoms with E-state index in [1.165, 1.54) is 12.1 Å². The number of para-hydroxylation sites is 1. The van der Waals surface area contributed by atoms with E-state index in [1.807, 2.05) is 42.2 Å². The molecule has 0 atom stereocenters. The molecule has 26 heavy (non-hydrogen) atoms. The Morgan fingerprint density at radius 2 is 1.65 bits per heavy atom. The van der Waals surface area contributed by atoms with Crippen LogP contribution >= 0.6 is 0 Å². The molecular formula is C19H25N3O3S. The quantitative estimate of drug-likeness (QED) is 0.744. The van der Waals surface area contributed by atoms with Crippen molar-refractivity contribution < 1.29 is 13.2 Å². The van der Waals surface area contributed by atoms with E-state index in [9.17, 15) is 13.2 Å². The molecule has 0 unspecified atom stereocenters. The molecule has 0 heterocycles. The molecular weight excluding hydrogens is 350 g/mol. The molecule has 0 aliphatic carbocycles. The molecule has 2 aromatic carbocycles. The number of nitrogens with zero attached hydrogens (tertiary/aromatic N) is 1. The molecule has 0 aromatic heterocycles. The average molecular weight is 375 g/mol. The third kappa shape index (κ3) is 5.57. The summed E-state index contributed by atoms with van der Waals surface area (Å²) in [6.45, 7) is 6.43. The standard InChI is InChI=1S/C19H25N3O3S/c1-4-22(17-8-6-5-7-9-17)14-19(23)20-16-10-12-18(13-11-16)26(24,25)21-15(2)3/h5-13,15,21H,4,14H2,1-3H3,(H,20,23). The molecule has 0 aliphatic rings. The minimum atomic E-state index is -3.53. The summed E-state index contributed by atoms with van der Waals surface area (Å²) in [7, 11) is -3.53. The van der Waals surface area contributed by atoms with Crippen molar-refractivity contribution in [3.63, 3.8) is 0 Å². The van der Waals surface area contributed by atoms with E-state index in [1.54, 1.807) is 26.0 Å². The van der Waals surface area contributed by atoms with Crippen molar-refractivity contribution in [1.82, 2.24) is 4.72 Å². The SMILES string of the molecule is CCN(CC(=O)Nc1ccc(S(=O)(=O)NC(C)C)cc1)c1ccccc1. The Kier molecular flexibility index (Phi) is 6.76. The highest BCUT2D eigenvalue weighted by molar-refractivity contribution is 7.89. The third-order valence-electron chi connectivity index (χ3n) is 3.68. The number of hydrogen-bond donors (Lipinski definition) is 2. The van der Waals surface area contributed by atoms with Crippen molar-refractivity contribution in [2.45, 2.75) is 31.7 Å². The molecule has 2 rings (SSSR count). The van der Waals surface area contributed by atoms with Crippen molar-refractivity contribution in [3.8, 4) is 0 Å². The summed E-state index contributed by atoms with van der Waals surface area (Å²) in [6.07, 6.45) is 0. The predicted molar refractivity (Wildman–Crippen MR) is 105 cm³/mol. The largest absolute Gasteiger partial charge is 0.362 e. The Bertz CT molecular complexity index is 819. The Morgan fingerprint density at radius 1 is 1.04 bits per heavy atom. The molecule has 7 heteroatoms. The molecule has 2 N–H and O–H groups in total. The number of likely N-dealkylation sites (N-methyl/N-ethyl adjacent to an activating group) is 1. The fraction of sp³-hybridized carbons (Fsp3) is 0.316. The summed E-state index contributed by atoms with van der Waals surface area (Å²) in [5, 5.41) is 2.80. The maximum atomic E-state index is 12.3. The van der Waals surface area contributed by atoms with Gasteiger partial charge in [0.15, 0.2) is 0 Å². The second-order valence-corrected chi connectivity index (χ2v) is 7.91. The number of carbonyl (C=O) groups excluding carboxylic acids is 1. The lowest BCUT2D eigenvalue weighted by molar-refractivity contribution is -0.115. The number of anilines is 2. The number of sulfonamides is 1. The monoisotopic (exact) mass is 375 g/mol. The molecule has 0 spiro atoms. The van der Waals surface area contributed by atoms with E-state index in [2.05, 4.69) is 10.0 Å². The van der Waals surface area contributed by atoms with E-state index in [4.69, 9.17) is 0 Å². The van der Waals surface area contributed by atoms with E-state index in [-0.39, 0.29) is 23.4 Å². The number of benzene rings is 2. The molecule has 0 bridgehead atoms. The Morgan fingerprint density at radius 3 is 2.19 bits per heavy atom. The summed E-state index contributed by atoms with van der Waals surface area (Å²) >= 11 is 0. The van der Waals surface area contributed by atoms with E-state index < -0.39 is 10.0 Å². The van der Waals surface area contributed by atoms with Crippen molar-refractivity contribution in [2.75, 3.05) is 23.3 Å². The first-order chi connectivity index (χ1) is 12.3. The molecule has 0 saturated carbocycles. The molecule has 0 aliphatic heterocycles. The molecule has 0 saturated heterocycles. The number of amides is 1. The Hall–Kier alpha value is -2.38. The van der Waals surface area contributed by atoms with Crippen LogP contribution in [0.3, 0.4) is 0 Å². The van der Waals surface area contributed by atoms with E-state index >= 15 is 0 Å². The van der Waals surface area contributed by atoms with Gasteiger partial charge < -0.3 is 10.2 Å². The summed E-state index contributed by atoms with van der Waals surface area (Å²) < 4.78 is 26.8. The second kappa shape index (κ2) is 8.82. The molecule has 0 radical (unpaired) electrons. The lowest BCUT2D eigenvalue weighted by atomic mass is 10.2. The van der Waals surface area contributed by atoms with Gasteiger partial charge >= 0.3 is 0 Å². The van der Waals surface area contributed by atoms with Gasteiger partial charge in [-0.15, -0.1) is 0 Å². The summed E-state index contributed by atoms with van der Waals surface area (Å²) in [6, 6.07) is 15.7. The van der Waals surface area contributed by atoms with Gasteiger partial charge in [-0.3, -0.25) is 4.79 Å². The zero-order chi connectivity index (χ0) is 19.2. The van der Waals surface area contributed by atoms with Gasteiger partial charge in [0.1, 0.15) is 0 Å². The lowest BCUT2D eigenvalue weighted by Crippen LogP contribution is -2.33. The summed E-state index contributed by atoms with van der Waals surface area (Å²) in [5.74, 6) is -0.161. The van der Waals surface area contributed by atoms with Crippen LogP contribution in [0.4, 0.5) is 11.4 Å². The second-order valence-electron chi connectivity index (χ2n) is 6.20. The van der Waals surface area contributed by atoms with Gasteiger partial charge in [-0.05, 0) is 57.2 Å². The van der Waals surface area contributed by atoms with Gasteiger partial charge in [-0.1, -0.05) is 18.2 Å². The van der Waals surface area contributed by atoms with Crippen LogP contribution in [0.2, 0.25) is 0 Å². The Balaban J connectivity index is 2.01. The van der Waals surface area contributed by atoms with Crippen molar-refractivity contribution in [1.29, 1.82) is 0 Å². The summed E-state index contributed by atoms with van der Waals surface area (Å²) in [5.41, 5.74) is 1.54. The van der Waals surface area contributed by atoms with Crippen LogP contribution in [0.15, 0.2) is 59.5 Å². The van der Waals surface area contributed by atoms with Crippen LogP contribution in [-0.4, -0.2) is 33.5 Å². The number of rotatable bonds is 8. The highest BCUT2D eigenvalue weighted by Crippen LogP contribution is 2.16. The van der Waals surface area contributed by atoms with E-state index in [0.29, 0.717) is 12.2 Å². The van der Waals surface area contributed by atoms with Gasteiger partial charge in [-0.25, -0.2) is 13.1 Å². The van der Waals surface area contributed by atoms with Crippen LogP contribution in [0.5, 0.6) is 0 Å². The van der Waals surface area contributed by atoms with Crippen molar-refractivity contribution >= 4 is 27.3 Å². The van der Waals surface area contributed by atoms with Gasteiger partial charge in [0.05, 0.1) is 11.4 Å². The van der Waals surface area contributed by atoms with Gasteiger partial charge in [0, 0.05) is 24.0 Å². The molecule has 2 aromatic rings. The van der Waals surface area contributed by atoms with Crippen molar-refractivity contribution in [3.05, 3.63) is 54.6 Å². The first-order valence-corrected chi connectivity index (χ1v) is 10.0. The van der Waals surface area contributed by atoms with Crippen molar-refractivity contribution in [2.24, 2.45) is 0 Å². The molecule has 6 nitrogen and oxygen atoms in total. The molecule has 1 amide bonds. The number of hydrogen-bond acceptors (Lipinski definition) is 4. The highest BCUT2D eigenvalue weighted by Gasteiger charge is 2.15. The number of carbonyl (C=O) groups is 1. The minimum absolute atomic E-state index is 0.161. The van der Waals surface area contributed by atoms with Crippen LogP contribution in [-0.2, 0) is 14.8 Å². The maximum Gasteiger partial charge on any atom is 0.243 e. The number of nitrogens with one attached hydrogen (secondary N) is 2. The maximum absolute atomic E-state index is 12.3. The topological polar surface area (TPSA) is 78.5 Å². The van der Waals surface area contributed by atoms with Crippen LogP contribution in [0.25, 0.3) is 0 Å². The Labute approximate surface area is 155 Å². The molecule has 0 fully saturated rings. The fourth-order valence-electron chi connectivity index (χ4n) is 2.49. The fourth-order valence-corrected chi connectivity index (χ4v) is 3.75. The minimum Gasteiger partial charge on any atom is -0.362 e. The zero-order valence-electron chi connectivity index (χ0n) is 15.3. The predicted octanol–water partition coefficient (Wildman–Crippen LogP) is 2.84. The summed E-state index contributed by atoms with van der Waals surface area (Å²) in [4.78, 5) is 14.4. The highest BCUT2D eigenvalue weighted by atomic mass is 32.2. The van der Waals surface area contributed by atoms with Gasteiger partial charge in [0.2, 0.25) is 15.9 Å². The first-order valence-electron chi connectivity index (χ1n) is 8.54. The smallest absolute Gasteiger partial charge is 0.243 e. The molecule has 140 valence electrons. The zero-order valence-corrected chi connectivity index (χ0v) is 16.1. The van der Waals surface area contributed by atoms with Crippen LogP contribution in [0.1, 0.15) is 20.8 Å². The lowest BCUT2D eigenvalue weighted by Gasteiger charge is -2.22. The van der Waals surface area contributed by atoms with Gasteiger partial charge in [0.25, 0.3) is 0 Å². The first kappa shape index (κ1) is 19.9. The third-order valence-corrected chi connectivity index (χ3v) is 5.35. The van der Waals surface area contributed by atoms with Crippen LogP contribution < -0.4 is 14.9 Å².